The van der Waals surface area contributed by atoms with Gasteiger partial charge in [0, 0.05) is 18.2 Å². The molecule has 1 heterocycles. The Balaban J connectivity index is 1.53. The predicted molar refractivity (Wildman–Crippen MR) is 172 cm³/mol. The molecule has 44 heavy (non-hydrogen) atoms. The molecule has 3 aromatic rings. The Morgan fingerprint density at radius 1 is 1.05 bits per heavy atom. The van der Waals surface area contributed by atoms with Crippen molar-refractivity contribution < 1.29 is 23.8 Å². The number of amides is 2. The Kier molecular flexibility index (Phi) is 10.7. The van der Waals surface area contributed by atoms with E-state index in [4.69, 9.17) is 37.4 Å². The molecular weight excluding hydrogens is 601 g/mol. The third kappa shape index (κ3) is 7.96. The zero-order valence-electron chi connectivity index (χ0n) is 25.7. The second kappa shape index (κ2) is 14.2. The van der Waals surface area contributed by atoms with Gasteiger partial charge in [-0.1, -0.05) is 41.4 Å². The average Bonchev–Trinajstić information content (AvgIpc) is 3.40. The van der Waals surface area contributed by atoms with Gasteiger partial charge in [0.1, 0.15) is 18.3 Å². The highest BCUT2D eigenvalue weighted by atomic mass is 35.5. The van der Waals surface area contributed by atoms with Crippen LogP contribution in [0, 0.1) is 11.3 Å². The molecule has 0 fully saturated rings. The van der Waals surface area contributed by atoms with Crippen molar-refractivity contribution in [3.63, 3.8) is 0 Å². The van der Waals surface area contributed by atoms with Gasteiger partial charge in [-0.05, 0) is 95.0 Å². The Morgan fingerprint density at radius 3 is 2.39 bits per heavy atom. The van der Waals surface area contributed by atoms with Crippen LogP contribution in [0.4, 0.5) is 10.5 Å². The van der Waals surface area contributed by atoms with Gasteiger partial charge < -0.3 is 24.0 Å². The van der Waals surface area contributed by atoms with Gasteiger partial charge in [-0.15, -0.1) is 0 Å². The van der Waals surface area contributed by atoms with Crippen LogP contribution in [0.25, 0.3) is 0 Å². The van der Waals surface area contributed by atoms with E-state index in [9.17, 15) is 14.9 Å². The fraction of sp³-hybridized carbons (Fsp3) is 0.382. The maximum atomic E-state index is 13.4. The SMILES string of the molecule is CCOc1ccccc1OCCN(C(=O)OC(C)(C)C)C(C)Cc1cc(C#N)c2c(c1)CCN2C(=O)c1ccc(Cl)c(Cl)c1. The van der Waals surface area contributed by atoms with E-state index in [1.54, 1.807) is 28.0 Å². The van der Waals surface area contributed by atoms with Crippen molar-refractivity contribution in [2.24, 2.45) is 0 Å². The van der Waals surface area contributed by atoms with E-state index in [1.807, 2.05) is 65.0 Å². The summed E-state index contributed by atoms with van der Waals surface area (Å²) in [5, 5.41) is 10.7. The second-order valence-corrected chi connectivity index (χ2v) is 12.4. The van der Waals surface area contributed by atoms with E-state index in [-0.39, 0.29) is 25.1 Å². The van der Waals surface area contributed by atoms with Gasteiger partial charge in [-0.25, -0.2) is 4.79 Å². The van der Waals surface area contributed by atoms with Crippen LogP contribution in [-0.2, 0) is 17.6 Å². The molecule has 3 aromatic carbocycles. The molecule has 0 aliphatic carbocycles. The number of nitrogens with zero attached hydrogens (tertiary/aromatic N) is 3. The maximum Gasteiger partial charge on any atom is 0.410 e. The molecule has 0 spiro atoms. The molecular formula is C34H37Cl2N3O5. The number of benzene rings is 3. The number of carbonyl (C=O) groups is 2. The van der Waals surface area contributed by atoms with Crippen molar-refractivity contribution in [2.75, 3.05) is 31.2 Å². The molecule has 0 N–H and O–H groups in total. The van der Waals surface area contributed by atoms with Gasteiger partial charge in [0.2, 0.25) is 0 Å². The molecule has 232 valence electrons. The summed E-state index contributed by atoms with van der Waals surface area (Å²) in [4.78, 5) is 30.0. The number of ether oxygens (including phenoxy) is 3. The standard InChI is InChI=1S/C34H37Cl2N3O5/c1-6-42-29-9-7-8-10-30(29)43-16-15-38(33(41)44-34(3,4)5)22(2)17-23-18-24-13-14-39(31(24)26(19-23)21-37)32(40)25-11-12-27(35)28(36)20-25/h7-12,18-20,22H,6,13-17H2,1-5H3. The number of fused-ring (bicyclic) bond motifs is 1. The maximum absolute atomic E-state index is 13.4. The normalized spacial score (nSPS) is 13.1. The minimum absolute atomic E-state index is 0.229. The van der Waals surface area contributed by atoms with Crippen molar-refractivity contribution in [3.05, 3.63) is 86.9 Å². The largest absolute Gasteiger partial charge is 0.490 e. The molecule has 1 aliphatic heterocycles. The minimum atomic E-state index is -0.677. The minimum Gasteiger partial charge on any atom is -0.490 e. The van der Waals surface area contributed by atoms with Crippen LogP contribution < -0.4 is 14.4 Å². The van der Waals surface area contributed by atoms with Crippen LogP contribution >= 0.6 is 23.2 Å². The fourth-order valence-electron chi connectivity index (χ4n) is 5.17. The van der Waals surface area contributed by atoms with E-state index in [0.29, 0.717) is 64.4 Å². The number of anilines is 1. The third-order valence-corrected chi connectivity index (χ3v) is 7.82. The molecule has 1 aliphatic rings. The number of rotatable bonds is 10. The zero-order chi connectivity index (χ0) is 32.0. The van der Waals surface area contributed by atoms with Gasteiger partial charge >= 0.3 is 6.09 Å². The zero-order valence-corrected chi connectivity index (χ0v) is 27.2. The second-order valence-electron chi connectivity index (χ2n) is 11.6. The lowest BCUT2D eigenvalue weighted by Crippen LogP contribution is -2.45. The van der Waals surface area contributed by atoms with Crippen molar-refractivity contribution in [3.8, 4) is 17.6 Å². The number of hydrogen-bond acceptors (Lipinski definition) is 6. The number of halogens is 2. The first-order valence-electron chi connectivity index (χ1n) is 14.6. The van der Waals surface area contributed by atoms with E-state index >= 15 is 0 Å². The number of hydrogen-bond donors (Lipinski definition) is 0. The molecule has 0 saturated heterocycles. The monoisotopic (exact) mass is 637 g/mol. The molecule has 0 radical (unpaired) electrons. The number of para-hydroxylation sites is 2. The summed E-state index contributed by atoms with van der Waals surface area (Å²) in [5.41, 5.74) is 2.50. The summed E-state index contributed by atoms with van der Waals surface area (Å²) >= 11 is 12.2. The van der Waals surface area contributed by atoms with E-state index in [0.717, 1.165) is 11.1 Å². The first-order chi connectivity index (χ1) is 20.9. The molecule has 1 atom stereocenters. The van der Waals surface area contributed by atoms with Gasteiger partial charge in [-0.2, -0.15) is 5.26 Å². The first kappa shape index (κ1) is 33.0. The topological polar surface area (TPSA) is 92.1 Å². The highest BCUT2D eigenvalue weighted by molar-refractivity contribution is 6.42. The van der Waals surface area contributed by atoms with Crippen molar-refractivity contribution in [1.29, 1.82) is 5.26 Å². The summed E-state index contributed by atoms with van der Waals surface area (Å²) in [5.74, 6) is 0.992. The molecule has 0 aromatic heterocycles. The van der Waals surface area contributed by atoms with Crippen LogP contribution in [0.1, 0.15) is 61.7 Å². The van der Waals surface area contributed by atoms with E-state index in [1.165, 1.54) is 6.07 Å². The van der Waals surface area contributed by atoms with E-state index < -0.39 is 11.7 Å². The van der Waals surface area contributed by atoms with Gasteiger partial charge in [0.15, 0.2) is 11.5 Å². The van der Waals surface area contributed by atoms with Crippen LogP contribution in [0.15, 0.2) is 54.6 Å². The fourth-order valence-corrected chi connectivity index (χ4v) is 5.46. The summed E-state index contributed by atoms with van der Waals surface area (Å²) < 4.78 is 17.4. The summed E-state index contributed by atoms with van der Waals surface area (Å²) in [6, 6.07) is 18.0. The molecule has 0 saturated carbocycles. The lowest BCUT2D eigenvalue weighted by Gasteiger charge is -2.32. The number of carbonyl (C=O) groups excluding carboxylic acids is 2. The highest BCUT2D eigenvalue weighted by Gasteiger charge is 2.31. The van der Waals surface area contributed by atoms with Crippen LogP contribution in [0.2, 0.25) is 10.0 Å². The van der Waals surface area contributed by atoms with Crippen LogP contribution in [0.5, 0.6) is 11.5 Å². The van der Waals surface area contributed by atoms with E-state index in [2.05, 4.69) is 6.07 Å². The van der Waals surface area contributed by atoms with Gasteiger partial charge in [0.05, 0.1) is 34.4 Å². The Hall–Kier alpha value is -3.93. The summed E-state index contributed by atoms with van der Waals surface area (Å²) in [6.07, 6.45) is 0.617. The van der Waals surface area contributed by atoms with Crippen molar-refractivity contribution >= 4 is 40.9 Å². The Labute approximate surface area is 269 Å². The molecule has 10 heteroatoms. The van der Waals surface area contributed by atoms with Crippen LogP contribution in [-0.4, -0.2) is 54.8 Å². The van der Waals surface area contributed by atoms with Crippen molar-refractivity contribution in [2.45, 2.75) is 59.1 Å². The number of nitriles is 1. The van der Waals surface area contributed by atoms with Gasteiger partial charge in [-0.3, -0.25) is 4.79 Å². The Morgan fingerprint density at radius 2 is 1.75 bits per heavy atom. The molecule has 2 amide bonds. The predicted octanol–water partition coefficient (Wildman–Crippen LogP) is 7.71. The van der Waals surface area contributed by atoms with Crippen LogP contribution in [0.3, 0.4) is 0 Å². The molecule has 8 nitrogen and oxygen atoms in total. The smallest absolute Gasteiger partial charge is 0.410 e. The first-order valence-corrected chi connectivity index (χ1v) is 15.3. The van der Waals surface area contributed by atoms with Crippen molar-refractivity contribution in [1.82, 2.24) is 4.90 Å². The molecule has 1 unspecified atom stereocenters. The lowest BCUT2D eigenvalue weighted by atomic mass is 9.98. The average molecular weight is 639 g/mol. The molecule has 0 bridgehead atoms. The summed E-state index contributed by atoms with van der Waals surface area (Å²) in [7, 11) is 0. The van der Waals surface area contributed by atoms with Gasteiger partial charge in [0.25, 0.3) is 5.91 Å². The quantitative estimate of drug-likeness (QED) is 0.226. The Bertz CT molecular complexity index is 1560. The third-order valence-electron chi connectivity index (χ3n) is 7.09. The summed E-state index contributed by atoms with van der Waals surface area (Å²) in [6.45, 7) is 10.8. The highest BCUT2D eigenvalue weighted by Crippen LogP contribution is 2.35. The molecule has 4 rings (SSSR count). The lowest BCUT2D eigenvalue weighted by molar-refractivity contribution is 0.0148.